The van der Waals surface area contributed by atoms with Gasteiger partial charge in [0.1, 0.15) is 0 Å². The van der Waals surface area contributed by atoms with Crippen LogP contribution in [0.25, 0.3) is 10.8 Å². The van der Waals surface area contributed by atoms with Crippen LogP contribution in [0, 0.1) is 3.57 Å². The number of amides is 1. The normalized spacial score (nSPS) is 12.6. The molecule has 0 atom stereocenters. The van der Waals surface area contributed by atoms with Crippen LogP contribution in [0.5, 0.6) is 0 Å². The highest BCUT2D eigenvalue weighted by Crippen LogP contribution is 2.33. The zero-order valence-corrected chi connectivity index (χ0v) is 14.1. The van der Waals surface area contributed by atoms with Crippen LogP contribution < -0.4 is 5.32 Å². The molecule has 1 aliphatic carbocycles. The van der Waals surface area contributed by atoms with Crippen LogP contribution >= 0.6 is 22.6 Å². The fraction of sp³-hybridized carbons (Fsp3) is 0.105. The Morgan fingerprint density at radius 3 is 2.41 bits per heavy atom. The first kappa shape index (κ1) is 13.8. The van der Waals surface area contributed by atoms with Gasteiger partial charge in [0.05, 0.1) is 0 Å². The summed E-state index contributed by atoms with van der Waals surface area (Å²) in [7, 11) is 0. The molecular formula is C19H14INO. The lowest BCUT2D eigenvalue weighted by molar-refractivity contribution is 0.102. The lowest BCUT2D eigenvalue weighted by atomic mass is 9.99. The molecule has 1 aliphatic rings. The molecule has 0 heterocycles. The largest absolute Gasteiger partial charge is 0.322 e. The van der Waals surface area contributed by atoms with E-state index in [0.717, 1.165) is 33.0 Å². The van der Waals surface area contributed by atoms with Gasteiger partial charge in [0.15, 0.2) is 0 Å². The summed E-state index contributed by atoms with van der Waals surface area (Å²) in [6.45, 7) is 0. The van der Waals surface area contributed by atoms with Crippen LogP contribution in [0.15, 0.2) is 54.6 Å². The van der Waals surface area contributed by atoms with Crippen molar-refractivity contribution in [2.45, 2.75) is 12.8 Å². The minimum atomic E-state index is -0.0446. The van der Waals surface area contributed by atoms with Gasteiger partial charge in [-0.15, -0.1) is 0 Å². The Hall–Kier alpha value is -1.88. The zero-order valence-electron chi connectivity index (χ0n) is 11.9. The Morgan fingerprint density at radius 1 is 0.909 bits per heavy atom. The van der Waals surface area contributed by atoms with Gasteiger partial charge in [0.25, 0.3) is 5.91 Å². The molecule has 0 spiro atoms. The maximum absolute atomic E-state index is 12.6. The number of hydrogen-bond donors (Lipinski definition) is 1. The van der Waals surface area contributed by atoms with Crippen molar-refractivity contribution in [3.05, 3.63) is 74.9 Å². The molecule has 0 radical (unpaired) electrons. The highest BCUT2D eigenvalue weighted by molar-refractivity contribution is 14.1. The van der Waals surface area contributed by atoms with E-state index >= 15 is 0 Å². The summed E-state index contributed by atoms with van der Waals surface area (Å²) in [5, 5.41) is 5.34. The van der Waals surface area contributed by atoms with Gasteiger partial charge in [-0.3, -0.25) is 4.79 Å². The number of nitrogens with one attached hydrogen (secondary N) is 1. The van der Waals surface area contributed by atoms with Crippen LogP contribution in [0.4, 0.5) is 5.69 Å². The van der Waals surface area contributed by atoms with E-state index in [1.165, 1.54) is 16.5 Å². The van der Waals surface area contributed by atoms with Crippen LogP contribution in [0.3, 0.4) is 0 Å². The summed E-state index contributed by atoms with van der Waals surface area (Å²) in [4.78, 5) is 12.6. The zero-order chi connectivity index (χ0) is 15.1. The van der Waals surface area contributed by atoms with E-state index in [2.05, 4.69) is 52.2 Å². The lowest BCUT2D eigenvalue weighted by Crippen LogP contribution is -2.12. The fourth-order valence-electron chi connectivity index (χ4n) is 3.18. The number of rotatable bonds is 2. The second-order valence-electron chi connectivity index (χ2n) is 5.57. The van der Waals surface area contributed by atoms with E-state index in [9.17, 15) is 4.79 Å². The van der Waals surface area contributed by atoms with Crippen molar-refractivity contribution < 1.29 is 4.79 Å². The standard InChI is InChI=1S/C19H14INO/c20-14-7-9-15(10-8-14)21-19(22)17-11-6-13-5-4-12-2-1-3-16(17)18(12)13/h1-3,6-11H,4-5H2,(H,21,22). The second-order valence-corrected chi connectivity index (χ2v) is 6.82. The molecule has 0 aliphatic heterocycles. The number of benzene rings is 3. The highest BCUT2D eigenvalue weighted by atomic mass is 127. The predicted molar refractivity (Wildman–Crippen MR) is 98.5 cm³/mol. The third-order valence-corrected chi connectivity index (χ3v) is 4.94. The van der Waals surface area contributed by atoms with E-state index in [1.807, 2.05) is 30.3 Å². The van der Waals surface area contributed by atoms with Crippen molar-refractivity contribution in [2.24, 2.45) is 0 Å². The Bertz CT molecular complexity index is 874. The Balaban J connectivity index is 1.75. The highest BCUT2D eigenvalue weighted by Gasteiger charge is 2.18. The van der Waals surface area contributed by atoms with Crippen molar-refractivity contribution in [1.82, 2.24) is 0 Å². The monoisotopic (exact) mass is 399 g/mol. The number of anilines is 1. The first-order valence-electron chi connectivity index (χ1n) is 7.33. The molecule has 0 saturated heterocycles. The Kier molecular flexibility index (Phi) is 3.37. The molecule has 1 N–H and O–H groups in total. The van der Waals surface area contributed by atoms with Gasteiger partial charge >= 0.3 is 0 Å². The average Bonchev–Trinajstić information content (AvgIpc) is 2.95. The molecule has 0 aromatic heterocycles. The van der Waals surface area contributed by atoms with Gasteiger partial charge in [-0.2, -0.15) is 0 Å². The summed E-state index contributed by atoms with van der Waals surface area (Å²) in [6.07, 6.45) is 2.16. The summed E-state index contributed by atoms with van der Waals surface area (Å²) >= 11 is 2.25. The Labute approximate surface area is 142 Å². The van der Waals surface area contributed by atoms with Gasteiger partial charge in [0, 0.05) is 14.8 Å². The van der Waals surface area contributed by atoms with Crippen molar-refractivity contribution in [2.75, 3.05) is 5.32 Å². The quantitative estimate of drug-likeness (QED) is 0.617. The molecular weight excluding hydrogens is 385 g/mol. The summed E-state index contributed by atoms with van der Waals surface area (Å²) in [5.41, 5.74) is 4.29. The molecule has 0 unspecified atom stereocenters. The maximum atomic E-state index is 12.6. The topological polar surface area (TPSA) is 29.1 Å². The van der Waals surface area contributed by atoms with Gasteiger partial charge in [-0.05, 0) is 87.7 Å². The van der Waals surface area contributed by atoms with Crippen molar-refractivity contribution in [1.29, 1.82) is 0 Å². The molecule has 0 bridgehead atoms. The summed E-state index contributed by atoms with van der Waals surface area (Å²) in [6, 6.07) is 18.2. The SMILES string of the molecule is O=C(Nc1ccc(I)cc1)c1ccc2c3c(cccc13)CC2. The van der Waals surface area contributed by atoms with Gasteiger partial charge in [0.2, 0.25) is 0 Å². The summed E-state index contributed by atoms with van der Waals surface area (Å²) < 4.78 is 1.15. The van der Waals surface area contributed by atoms with Crippen molar-refractivity contribution in [3.8, 4) is 0 Å². The van der Waals surface area contributed by atoms with Crippen molar-refractivity contribution in [3.63, 3.8) is 0 Å². The van der Waals surface area contributed by atoms with E-state index in [0.29, 0.717) is 0 Å². The number of carbonyl (C=O) groups is 1. The third-order valence-electron chi connectivity index (χ3n) is 4.22. The maximum Gasteiger partial charge on any atom is 0.256 e. The van der Waals surface area contributed by atoms with E-state index < -0.39 is 0 Å². The smallest absolute Gasteiger partial charge is 0.256 e. The van der Waals surface area contributed by atoms with Crippen LogP contribution in [0.1, 0.15) is 21.5 Å². The first-order chi connectivity index (χ1) is 10.7. The average molecular weight is 399 g/mol. The van der Waals surface area contributed by atoms with Crippen LogP contribution in [-0.4, -0.2) is 5.91 Å². The van der Waals surface area contributed by atoms with Gasteiger partial charge < -0.3 is 5.32 Å². The van der Waals surface area contributed by atoms with E-state index in [-0.39, 0.29) is 5.91 Å². The lowest BCUT2D eigenvalue weighted by Gasteiger charge is -2.10. The third kappa shape index (κ3) is 2.29. The van der Waals surface area contributed by atoms with Crippen LogP contribution in [-0.2, 0) is 12.8 Å². The molecule has 1 amide bonds. The number of hydrogen-bond acceptors (Lipinski definition) is 1. The molecule has 108 valence electrons. The minimum Gasteiger partial charge on any atom is -0.322 e. The number of halogens is 1. The molecule has 22 heavy (non-hydrogen) atoms. The van der Waals surface area contributed by atoms with Gasteiger partial charge in [-0.1, -0.05) is 24.3 Å². The van der Waals surface area contributed by atoms with Crippen LogP contribution in [0.2, 0.25) is 0 Å². The van der Waals surface area contributed by atoms with E-state index in [4.69, 9.17) is 0 Å². The molecule has 3 aromatic rings. The van der Waals surface area contributed by atoms with E-state index in [1.54, 1.807) is 0 Å². The second kappa shape index (κ2) is 5.39. The fourth-order valence-corrected chi connectivity index (χ4v) is 3.54. The molecule has 0 saturated carbocycles. The van der Waals surface area contributed by atoms with Crippen molar-refractivity contribution >= 4 is 45.0 Å². The molecule has 2 nitrogen and oxygen atoms in total. The molecule has 0 fully saturated rings. The molecule has 3 aromatic carbocycles. The predicted octanol–water partition coefficient (Wildman–Crippen LogP) is 4.80. The van der Waals surface area contributed by atoms with Gasteiger partial charge in [-0.25, -0.2) is 0 Å². The molecule has 3 heteroatoms. The first-order valence-corrected chi connectivity index (χ1v) is 8.41. The number of carbonyl (C=O) groups excluding carboxylic acids is 1. The minimum absolute atomic E-state index is 0.0446. The Morgan fingerprint density at radius 2 is 1.64 bits per heavy atom. The number of aryl methyl sites for hydroxylation is 2. The molecule has 4 rings (SSSR count). The summed E-state index contributed by atoms with van der Waals surface area (Å²) in [5.74, 6) is -0.0446.